The summed E-state index contributed by atoms with van der Waals surface area (Å²) in [5, 5.41) is 12.7. The van der Waals surface area contributed by atoms with Crippen LogP contribution in [0.1, 0.15) is 49.9 Å². The number of hydrogen-bond donors (Lipinski definition) is 2. The molecule has 0 saturated carbocycles. The third kappa shape index (κ3) is 7.94. The summed E-state index contributed by atoms with van der Waals surface area (Å²) in [7, 11) is 0. The molecule has 2 N–H and O–H groups in total. The Morgan fingerprint density at radius 1 is 0.578 bits per heavy atom. The van der Waals surface area contributed by atoms with E-state index in [0.717, 1.165) is 16.7 Å². The van der Waals surface area contributed by atoms with Gasteiger partial charge in [-0.05, 0) is 41.0 Å². The normalized spacial score (nSPS) is 10.5. The van der Waals surface area contributed by atoms with Gasteiger partial charge in [0.15, 0.2) is 0 Å². The lowest BCUT2D eigenvalue weighted by atomic mass is 9.97. The number of carbonyl (C=O) groups excluding carboxylic acids is 2. The van der Waals surface area contributed by atoms with E-state index in [4.69, 9.17) is 14.2 Å². The average molecular weight is 602 g/mol. The molecular weight excluding hydrogens is 570 g/mol. The van der Waals surface area contributed by atoms with Crippen LogP contribution in [0.5, 0.6) is 17.2 Å². The number of carboxylic acid groups (broad SMARTS) is 1. The van der Waals surface area contributed by atoms with E-state index in [1.165, 1.54) is 19.1 Å². The van der Waals surface area contributed by atoms with Crippen molar-refractivity contribution in [3.8, 4) is 17.2 Å². The lowest BCUT2D eigenvalue weighted by molar-refractivity contribution is -0.114. The monoisotopic (exact) mass is 601 g/mol. The van der Waals surface area contributed by atoms with Gasteiger partial charge in [-0.2, -0.15) is 0 Å². The number of carbonyl (C=O) groups is 3. The predicted octanol–water partition coefficient (Wildman–Crippen LogP) is 7.31. The average Bonchev–Trinajstić information content (AvgIpc) is 3.06. The molecular formula is C37H31NO7. The number of nitrogens with one attached hydrogen (secondary N) is 1. The van der Waals surface area contributed by atoms with Crippen molar-refractivity contribution in [2.75, 3.05) is 5.32 Å². The van der Waals surface area contributed by atoms with Crippen molar-refractivity contribution in [3.05, 3.63) is 155 Å². The Morgan fingerprint density at radius 3 is 1.44 bits per heavy atom. The minimum atomic E-state index is -1.21. The van der Waals surface area contributed by atoms with Crippen LogP contribution < -0.4 is 19.5 Å². The zero-order valence-corrected chi connectivity index (χ0v) is 24.6. The first-order valence-corrected chi connectivity index (χ1v) is 14.3. The number of carboxylic acids is 1. The molecule has 0 atom stereocenters. The Kier molecular flexibility index (Phi) is 9.87. The zero-order chi connectivity index (χ0) is 31.6. The highest BCUT2D eigenvalue weighted by atomic mass is 16.5. The van der Waals surface area contributed by atoms with Crippen LogP contribution in [0.4, 0.5) is 5.69 Å². The highest BCUT2D eigenvalue weighted by Crippen LogP contribution is 2.38. The fraction of sp³-hybridized carbons (Fsp3) is 0.108. The molecule has 0 radical (unpaired) electrons. The molecule has 5 rings (SSSR count). The number of hydrogen-bond acceptors (Lipinski definition) is 6. The standard InChI is InChI=1S/C37H31NO7/c1-25(39)38-30-18-11-19-31(43-22-26-12-5-2-6-13-26)34(30)36(40)35-32(44-23-27-14-7-3-8-15-27)20-29(37(41)42)21-33(35)45-24-28-16-9-4-10-17-28/h2-21H,22-24H2,1H3,(H,38,39)(H,41,42). The molecule has 0 heterocycles. The summed E-state index contributed by atoms with van der Waals surface area (Å²) in [5.74, 6) is -1.93. The molecule has 5 aromatic carbocycles. The van der Waals surface area contributed by atoms with Gasteiger partial charge in [0.1, 0.15) is 42.6 Å². The molecule has 8 heteroatoms. The van der Waals surface area contributed by atoms with Crippen LogP contribution in [0.3, 0.4) is 0 Å². The van der Waals surface area contributed by atoms with Gasteiger partial charge < -0.3 is 24.6 Å². The van der Waals surface area contributed by atoms with Crippen LogP contribution in [-0.2, 0) is 24.6 Å². The highest BCUT2D eigenvalue weighted by molar-refractivity contribution is 6.18. The SMILES string of the molecule is CC(=O)Nc1cccc(OCc2ccccc2)c1C(=O)c1c(OCc2ccccc2)cc(C(=O)O)cc1OCc1ccccc1. The largest absolute Gasteiger partial charge is 0.488 e. The van der Waals surface area contributed by atoms with Crippen LogP contribution in [0.15, 0.2) is 121 Å². The first-order valence-electron chi connectivity index (χ1n) is 14.3. The van der Waals surface area contributed by atoms with E-state index < -0.39 is 11.8 Å². The van der Waals surface area contributed by atoms with Gasteiger partial charge in [-0.15, -0.1) is 0 Å². The van der Waals surface area contributed by atoms with Crippen molar-refractivity contribution in [2.24, 2.45) is 0 Å². The predicted molar refractivity (Wildman–Crippen MR) is 170 cm³/mol. The lowest BCUT2D eigenvalue weighted by Crippen LogP contribution is -2.16. The molecule has 0 aromatic heterocycles. The van der Waals surface area contributed by atoms with E-state index >= 15 is 0 Å². The van der Waals surface area contributed by atoms with Crippen LogP contribution in [0.2, 0.25) is 0 Å². The van der Waals surface area contributed by atoms with Crippen molar-refractivity contribution < 1.29 is 33.7 Å². The van der Waals surface area contributed by atoms with E-state index in [1.807, 2.05) is 91.0 Å². The van der Waals surface area contributed by atoms with Gasteiger partial charge >= 0.3 is 5.97 Å². The second-order valence-electron chi connectivity index (χ2n) is 10.2. The van der Waals surface area contributed by atoms with Crippen molar-refractivity contribution in [3.63, 3.8) is 0 Å². The molecule has 0 spiro atoms. The summed E-state index contributed by atoms with van der Waals surface area (Å²) in [6.45, 7) is 1.63. The Labute approximate surface area is 260 Å². The molecule has 0 aliphatic carbocycles. The number of amides is 1. The first kappa shape index (κ1) is 30.6. The molecule has 0 unspecified atom stereocenters. The molecule has 5 aromatic rings. The molecule has 45 heavy (non-hydrogen) atoms. The number of rotatable bonds is 13. The lowest BCUT2D eigenvalue weighted by Gasteiger charge is -2.20. The molecule has 226 valence electrons. The minimum absolute atomic E-state index is 0.00535. The second kappa shape index (κ2) is 14.5. The van der Waals surface area contributed by atoms with Crippen molar-refractivity contribution in [1.29, 1.82) is 0 Å². The first-order chi connectivity index (χ1) is 21.9. The maximum absolute atomic E-state index is 14.7. The molecule has 1 amide bonds. The van der Waals surface area contributed by atoms with Gasteiger partial charge in [-0.3, -0.25) is 9.59 Å². The topological polar surface area (TPSA) is 111 Å². The van der Waals surface area contributed by atoms with Crippen LogP contribution in [0.25, 0.3) is 0 Å². The van der Waals surface area contributed by atoms with E-state index in [0.29, 0.717) is 0 Å². The van der Waals surface area contributed by atoms with E-state index in [-0.39, 0.29) is 65.4 Å². The van der Waals surface area contributed by atoms with E-state index in [9.17, 15) is 19.5 Å². The Morgan fingerprint density at radius 2 is 1.02 bits per heavy atom. The fourth-order valence-electron chi connectivity index (χ4n) is 4.68. The Bertz CT molecular complexity index is 1720. The Balaban J connectivity index is 1.63. The molecule has 0 bridgehead atoms. The van der Waals surface area contributed by atoms with Crippen molar-refractivity contribution >= 4 is 23.3 Å². The van der Waals surface area contributed by atoms with E-state index in [1.54, 1.807) is 18.2 Å². The van der Waals surface area contributed by atoms with Gasteiger partial charge in [-0.25, -0.2) is 4.79 Å². The maximum Gasteiger partial charge on any atom is 0.335 e. The van der Waals surface area contributed by atoms with Crippen LogP contribution in [-0.4, -0.2) is 22.8 Å². The van der Waals surface area contributed by atoms with Crippen LogP contribution in [0, 0.1) is 0 Å². The van der Waals surface area contributed by atoms with Crippen molar-refractivity contribution in [1.82, 2.24) is 0 Å². The van der Waals surface area contributed by atoms with E-state index in [2.05, 4.69) is 5.32 Å². The zero-order valence-electron chi connectivity index (χ0n) is 24.6. The van der Waals surface area contributed by atoms with Gasteiger partial charge in [-0.1, -0.05) is 97.1 Å². The second-order valence-corrected chi connectivity index (χ2v) is 10.2. The summed E-state index contributed by atoms with van der Waals surface area (Å²) in [4.78, 5) is 39.1. The van der Waals surface area contributed by atoms with Gasteiger partial charge in [0.2, 0.25) is 11.7 Å². The van der Waals surface area contributed by atoms with Gasteiger partial charge in [0, 0.05) is 6.92 Å². The molecule has 0 aliphatic rings. The molecule has 0 aliphatic heterocycles. The quantitative estimate of drug-likeness (QED) is 0.136. The summed E-state index contributed by atoms with van der Waals surface area (Å²) in [6, 6.07) is 35.6. The van der Waals surface area contributed by atoms with Crippen molar-refractivity contribution in [2.45, 2.75) is 26.7 Å². The molecule has 0 fully saturated rings. The fourth-order valence-corrected chi connectivity index (χ4v) is 4.68. The van der Waals surface area contributed by atoms with Gasteiger partial charge in [0.05, 0.1) is 16.8 Å². The highest BCUT2D eigenvalue weighted by Gasteiger charge is 2.29. The smallest absolute Gasteiger partial charge is 0.335 e. The maximum atomic E-state index is 14.7. The third-order valence-corrected chi connectivity index (χ3v) is 6.82. The number of benzene rings is 5. The summed E-state index contributed by atoms with van der Waals surface area (Å²) in [5.41, 5.74) is 2.68. The summed E-state index contributed by atoms with van der Waals surface area (Å²) in [6.07, 6.45) is 0. The number of ketones is 1. The number of ether oxygens (including phenoxy) is 3. The summed E-state index contributed by atoms with van der Waals surface area (Å²) < 4.78 is 18.4. The molecule has 0 saturated heterocycles. The minimum Gasteiger partial charge on any atom is -0.488 e. The number of aromatic carboxylic acids is 1. The Hall–Kier alpha value is -5.89. The van der Waals surface area contributed by atoms with Gasteiger partial charge in [0.25, 0.3) is 0 Å². The number of anilines is 1. The van der Waals surface area contributed by atoms with Crippen LogP contribution >= 0.6 is 0 Å². The summed E-state index contributed by atoms with van der Waals surface area (Å²) >= 11 is 0. The molecule has 8 nitrogen and oxygen atoms in total. The third-order valence-electron chi connectivity index (χ3n) is 6.82.